The summed E-state index contributed by atoms with van der Waals surface area (Å²) in [6.45, 7) is 1.09. The third-order valence-electron chi connectivity index (χ3n) is 3.28. The quantitative estimate of drug-likeness (QED) is 0.846. The molecule has 2 amide bonds. The van der Waals surface area contributed by atoms with Crippen LogP contribution in [0.1, 0.15) is 12.0 Å². The number of carbonyl (C=O) groups is 2. The molecule has 0 aromatic carbocycles. The van der Waals surface area contributed by atoms with Crippen molar-refractivity contribution in [1.29, 1.82) is 0 Å². The molecule has 0 saturated carbocycles. The molecule has 0 aliphatic carbocycles. The maximum atomic E-state index is 11.9. The summed E-state index contributed by atoms with van der Waals surface area (Å²) in [5.41, 5.74) is 0.874. The Balaban J connectivity index is 1.85. The van der Waals surface area contributed by atoms with Gasteiger partial charge in [0.2, 0.25) is 5.88 Å². The smallest absolute Gasteiger partial charge is 0.317 e. The van der Waals surface area contributed by atoms with E-state index in [4.69, 9.17) is 9.84 Å². The predicted octanol–water partition coefficient (Wildman–Crippen LogP) is 0.706. The Kier molecular flexibility index (Phi) is 4.39. The summed E-state index contributed by atoms with van der Waals surface area (Å²) in [5, 5.41) is 11.7. The molecule has 20 heavy (non-hydrogen) atoms. The molecule has 1 saturated heterocycles. The zero-order chi connectivity index (χ0) is 14.5. The highest BCUT2D eigenvalue weighted by atomic mass is 16.5. The molecule has 1 fully saturated rings. The summed E-state index contributed by atoms with van der Waals surface area (Å²) in [6.07, 6.45) is 2.11. The molecule has 1 aliphatic rings. The second-order valence-electron chi connectivity index (χ2n) is 4.64. The number of aliphatic carboxylic acids is 1. The lowest BCUT2D eigenvalue weighted by atomic mass is 10.1. The number of hydrogen-bond donors (Lipinski definition) is 2. The van der Waals surface area contributed by atoms with Gasteiger partial charge in [-0.15, -0.1) is 0 Å². The molecule has 0 radical (unpaired) electrons. The van der Waals surface area contributed by atoms with E-state index in [0.29, 0.717) is 25.4 Å². The number of pyridine rings is 1. The topological polar surface area (TPSA) is 91.8 Å². The van der Waals surface area contributed by atoms with Gasteiger partial charge in [-0.1, -0.05) is 0 Å². The minimum absolute atomic E-state index is 0.246. The van der Waals surface area contributed by atoms with Crippen molar-refractivity contribution in [2.24, 2.45) is 5.92 Å². The molecule has 1 atom stereocenters. The zero-order valence-corrected chi connectivity index (χ0v) is 11.2. The van der Waals surface area contributed by atoms with Gasteiger partial charge in [0.05, 0.1) is 13.0 Å². The van der Waals surface area contributed by atoms with Gasteiger partial charge in [0.1, 0.15) is 0 Å². The minimum atomic E-state index is -0.848. The Morgan fingerprint density at radius 1 is 1.60 bits per heavy atom. The highest BCUT2D eigenvalue weighted by Gasteiger charge is 2.30. The molecule has 2 rings (SSSR count). The molecular formula is C13H17N3O4. The molecular weight excluding hydrogens is 262 g/mol. The molecule has 2 heterocycles. The van der Waals surface area contributed by atoms with Gasteiger partial charge in [-0.2, -0.15) is 0 Å². The van der Waals surface area contributed by atoms with Crippen LogP contribution in [0.5, 0.6) is 5.88 Å². The molecule has 7 nitrogen and oxygen atoms in total. The van der Waals surface area contributed by atoms with E-state index in [0.717, 1.165) is 5.56 Å². The van der Waals surface area contributed by atoms with Gasteiger partial charge in [0.25, 0.3) is 0 Å². The van der Waals surface area contributed by atoms with Gasteiger partial charge in [-0.25, -0.2) is 9.78 Å². The van der Waals surface area contributed by atoms with Crippen LogP contribution in [0.3, 0.4) is 0 Å². The van der Waals surface area contributed by atoms with Gasteiger partial charge < -0.3 is 20.1 Å². The lowest BCUT2D eigenvalue weighted by molar-refractivity contribution is -0.141. The van der Waals surface area contributed by atoms with E-state index >= 15 is 0 Å². The number of nitrogens with one attached hydrogen (secondary N) is 1. The number of amides is 2. The number of likely N-dealkylation sites (tertiary alicyclic amines) is 1. The first-order valence-electron chi connectivity index (χ1n) is 6.34. The van der Waals surface area contributed by atoms with E-state index in [1.54, 1.807) is 18.3 Å². The highest BCUT2D eigenvalue weighted by Crippen LogP contribution is 2.16. The normalized spacial score (nSPS) is 17.9. The summed E-state index contributed by atoms with van der Waals surface area (Å²) >= 11 is 0. The maximum Gasteiger partial charge on any atom is 0.317 e. The molecule has 1 aromatic heterocycles. The van der Waals surface area contributed by atoms with Crippen LogP contribution in [0.15, 0.2) is 18.3 Å². The van der Waals surface area contributed by atoms with E-state index in [-0.39, 0.29) is 12.6 Å². The van der Waals surface area contributed by atoms with Crippen molar-refractivity contribution in [2.45, 2.75) is 13.0 Å². The van der Waals surface area contributed by atoms with Crippen LogP contribution in [-0.4, -0.2) is 47.2 Å². The molecule has 0 bridgehead atoms. The largest absolute Gasteiger partial charge is 0.481 e. The van der Waals surface area contributed by atoms with Crippen LogP contribution in [0.25, 0.3) is 0 Å². The second kappa shape index (κ2) is 6.23. The SMILES string of the molecule is COc1cc(CNC(=O)N2CCC(C(=O)O)C2)ccn1. The monoisotopic (exact) mass is 279 g/mol. The van der Waals surface area contributed by atoms with E-state index in [1.165, 1.54) is 12.0 Å². The number of aromatic nitrogens is 1. The number of ether oxygens (including phenoxy) is 1. The van der Waals surface area contributed by atoms with Crippen LogP contribution in [-0.2, 0) is 11.3 Å². The van der Waals surface area contributed by atoms with Crippen molar-refractivity contribution >= 4 is 12.0 Å². The average Bonchev–Trinajstić information content (AvgIpc) is 2.95. The lowest BCUT2D eigenvalue weighted by Gasteiger charge is -2.16. The third-order valence-corrected chi connectivity index (χ3v) is 3.28. The summed E-state index contributed by atoms with van der Waals surface area (Å²) in [5.74, 6) is -0.815. The number of urea groups is 1. The Morgan fingerprint density at radius 3 is 3.05 bits per heavy atom. The molecule has 108 valence electrons. The van der Waals surface area contributed by atoms with E-state index in [2.05, 4.69) is 10.3 Å². The number of hydrogen-bond acceptors (Lipinski definition) is 4. The molecule has 1 aliphatic heterocycles. The number of nitrogens with zero attached hydrogens (tertiary/aromatic N) is 2. The van der Waals surface area contributed by atoms with Crippen LogP contribution in [0, 0.1) is 5.92 Å². The van der Waals surface area contributed by atoms with E-state index in [9.17, 15) is 9.59 Å². The fourth-order valence-corrected chi connectivity index (χ4v) is 2.11. The van der Waals surface area contributed by atoms with Crippen molar-refractivity contribution in [3.63, 3.8) is 0 Å². The minimum Gasteiger partial charge on any atom is -0.481 e. The van der Waals surface area contributed by atoms with Crippen molar-refractivity contribution in [3.8, 4) is 5.88 Å². The fraction of sp³-hybridized carbons (Fsp3) is 0.462. The number of rotatable bonds is 4. The fourth-order valence-electron chi connectivity index (χ4n) is 2.11. The Bertz CT molecular complexity index is 506. The molecule has 2 N–H and O–H groups in total. The van der Waals surface area contributed by atoms with Crippen LogP contribution < -0.4 is 10.1 Å². The van der Waals surface area contributed by atoms with Crippen molar-refractivity contribution < 1.29 is 19.4 Å². The van der Waals surface area contributed by atoms with Crippen LogP contribution >= 0.6 is 0 Å². The van der Waals surface area contributed by atoms with Crippen molar-refractivity contribution in [3.05, 3.63) is 23.9 Å². The summed E-state index contributed by atoms with van der Waals surface area (Å²) < 4.78 is 5.00. The molecule has 0 spiro atoms. The number of carboxylic acids is 1. The molecule has 1 aromatic rings. The van der Waals surface area contributed by atoms with Gasteiger partial charge in [-0.05, 0) is 18.1 Å². The highest BCUT2D eigenvalue weighted by molar-refractivity contribution is 5.77. The van der Waals surface area contributed by atoms with E-state index < -0.39 is 11.9 Å². The Hall–Kier alpha value is -2.31. The maximum absolute atomic E-state index is 11.9. The summed E-state index contributed by atoms with van der Waals surface area (Å²) in [6, 6.07) is 3.28. The Morgan fingerprint density at radius 2 is 2.40 bits per heavy atom. The second-order valence-corrected chi connectivity index (χ2v) is 4.64. The number of carbonyl (C=O) groups excluding carboxylic acids is 1. The predicted molar refractivity (Wildman–Crippen MR) is 70.3 cm³/mol. The molecule has 1 unspecified atom stereocenters. The van der Waals surface area contributed by atoms with Gasteiger partial charge in [-0.3, -0.25) is 4.79 Å². The van der Waals surface area contributed by atoms with Crippen molar-refractivity contribution in [2.75, 3.05) is 20.2 Å². The van der Waals surface area contributed by atoms with Crippen molar-refractivity contribution in [1.82, 2.24) is 15.2 Å². The molecule has 7 heteroatoms. The summed E-state index contributed by atoms with van der Waals surface area (Å²) in [7, 11) is 1.53. The Labute approximate surface area is 116 Å². The lowest BCUT2D eigenvalue weighted by Crippen LogP contribution is -2.38. The van der Waals surface area contributed by atoms with Gasteiger partial charge in [0.15, 0.2) is 0 Å². The van der Waals surface area contributed by atoms with Crippen LogP contribution in [0.2, 0.25) is 0 Å². The van der Waals surface area contributed by atoms with Gasteiger partial charge >= 0.3 is 12.0 Å². The van der Waals surface area contributed by atoms with Gasteiger partial charge in [0, 0.05) is 31.9 Å². The average molecular weight is 279 g/mol. The first-order valence-corrected chi connectivity index (χ1v) is 6.34. The standard InChI is InChI=1S/C13H17N3O4/c1-20-11-6-9(2-4-14-11)7-15-13(19)16-5-3-10(8-16)12(17)18/h2,4,6,10H,3,5,7-8H2,1H3,(H,15,19)(H,17,18). The van der Waals surface area contributed by atoms with Crippen LogP contribution in [0.4, 0.5) is 4.79 Å². The first-order chi connectivity index (χ1) is 9.60. The zero-order valence-electron chi connectivity index (χ0n) is 11.2. The first kappa shape index (κ1) is 14.1. The third kappa shape index (κ3) is 3.37. The van der Waals surface area contributed by atoms with E-state index in [1.807, 2.05) is 0 Å². The summed E-state index contributed by atoms with van der Waals surface area (Å²) in [4.78, 5) is 28.3. The number of carboxylic acid groups (broad SMARTS) is 1. The number of methoxy groups -OCH3 is 1.